The van der Waals surface area contributed by atoms with Crippen LogP contribution in [0.25, 0.3) is 21.8 Å². The largest absolute Gasteiger partial charge is 0.493 e. The summed E-state index contributed by atoms with van der Waals surface area (Å²) in [6.07, 6.45) is 4.14. The molecule has 0 spiro atoms. The van der Waals surface area contributed by atoms with Crippen LogP contribution in [-0.4, -0.2) is 37.0 Å². The van der Waals surface area contributed by atoms with Gasteiger partial charge in [0, 0.05) is 36.2 Å². The molecule has 10 heteroatoms. The molecule has 5 rings (SSSR count). The van der Waals surface area contributed by atoms with E-state index in [0.717, 1.165) is 36.6 Å². The first kappa shape index (κ1) is 26.9. The van der Waals surface area contributed by atoms with Gasteiger partial charge in [-0.2, -0.15) is 0 Å². The first-order valence-electron chi connectivity index (χ1n) is 13.0. The summed E-state index contributed by atoms with van der Waals surface area (Å²) < 4.78 is 23.3. The van der Waals surface area contributed by atoms with Gasteiger partial charge in [-0.25, -0.2) is 0 Å². The number of benzene rings is 2. The van der Waals surface area contributed by atoms with Crippen LogP contribution < -0.4 is 25.1 Å². The van der Waals surface area contributed by atoms with Gasteiger partial charge in [-0.15, -0.1) is 0 Å². The lowest BCUT2D eigenvalue weighted by atomic mass is 9.99. The van der Waals surface area contributed by atoms with Gasteiger partial charge in [-0.1, -0.05) is 29.2 Å². The number of nitrogens with zero attached hydrogens (tertiary/aromatic N) is 2. The average molecular weight is 554 g/mol. The van der Waals surface area contributed by atoms with Crippen molar-refractivity contribution in [3.8, 4) is 17.2 Å². The Hall–Kier alpha value is -3.72. The van der Waals surface area contributed by atoms with Crippen molar-refractivity contribution in [3.63, 3.8) is 0 Å². The molecule has 2 aromatic carbocycles. The van der Waals surface area contributed by atoms with Gasteiger partial charge in [0.05, 0.1) is 31.9 Å². The molecule has 39 heavy (non-hydrogen) atoms. The molecule has 2 atom stereocenters. The molecule has 9 nitrogen and oxygen atoms in total. The lowest BCUT2D eigenvalue weighted by molar-refractivity contribution is -0.116. The highest BCUT2D eigenvalue weighted by Crippen LogP contribution is 2.40. The topological polar surface area (TPSA) is 105 Å². The first-order chi connectivity index (χ1) is 18.8. The minimum Gasteiger partial charge on any atom is -0.493 e. The molecule has 2 aromatic heterocycles. The second kappa shape index (κ2) is 11.2. The molecular formula is C29H32ClN3O6. The highest BCUT2D eigenvalue weighted by molar-refractivity contribution is 6.37. The van der Waals surface area contributed by atoms with Crippen LogP contribution in [0.1, 0.15) is 37.9 Å². The van der Waals surface area contributed by atoms with E-state index in [1.54, 1.807) is 25.1 Å². The van der Waals surface area contributed by atoms with Crippen molar-refractivity contribution < 1.29 is 23.5 Å². The van der Waals surface area contributed by atoms with E-state index in [4.69, 9.17) is 30.3 Å². The van der Waals surface area contributed by atoms with Gasteiger partial charge < -0.3 is 28.6 Å². The van der Waals surface area contributed by atoms with Crippen LogP contribution in [0, 0.1) is 18.8 Å². The number of hydrogen-bond acceptors (Lipinski definition) is 7. The summed E-state index contributed by atoms with van der Waals surface area (Å²) >= 11 is 6.53. The van der Waals surface area contributed by atoms with Crippen molar-refractivity contribution in [2.24, 2.45) is 11.8 Å². The Bertz CT molecular complexity index is 1570. The predicted molar refractivity (Wildman–Crippen MR) is 150 cm³/mol. The SMILES string of the molecule is COc1cc(NC(=O)CCC2CCC(Cn3c(=O)c4c(C)onc4c4c(Cl)cccc43)C2)cc(OC)c1OC. The summed E-state index contributed by atoms with van der Waals surface area (Å²) in [5, 5.41) is 8.83. The van der Waals surface area contributed by atoms with Gasteiger partial charge in [-0.3, -0.25) is 9.59 Å². The molecule has 4 aromatic rings. The lowest BCUT2D eigenvalue weighted by Crippen LogP contribution is -2.24. The van der Waals surface area contributed by atoms with E-state index >= 15 is 0 Å². The number of fused-ring (bicyclic) bond motifs is 3. The maximum absolute atomic E-state index is 13.5. The summed E-state index contributed by atoms with van der Waals surface area (Å²) in [6.45, 7) is 2.34. The fourth-order valence-electron chi connectivity index (χ4n) is 5.77. The smallest absolute Gasteiger partial charge is 0.264 e. The van der Waals surface area contributed by atoms with Gasteiger partial charge >= 0.3 is 0 Å². The molecule has 0 aliphatic heterocycles. The van der Waals surface area contributed by atoms with Gasteiger partial charge in [0.2, 0.25) is 11.7 Å². The number of aromatic nitrogens is 2. The number of carbonyl (C=O) groups is 1. The zero-order valence-corrected chi connectivity index (χ0v) is 23.3. The number of nitrogens with one attached hydrogen (secondary N) is 1. The first-order valence-corrected chi connectivity index (χ1v) is 13.4. The van der Waals surface area contributed by atoms with E-state index in [1.165, 1.54) is 21.3 Å². The van der Waals surface area contributed by atoms with E-state index in [-0.39, 0.29) is 11.5 Å². The number of amides is 1. The highest BCUT2D eigenvalue weighted by atomic mass is 35.5. The summed E-state index contributed by atoms with van der Waals surface area (Å²) in [4.78, 5) is 26.2. The maximum Gasteiger partial charge on any atom is 0.264 e. The van der Waals surface area contributed by atoms with Crippen molar-refractivity contribution in [2.45, 2.75) is 45.6 Å². The third-order valence-electron chi connectivity index (χ3n) is 7.66. The Morgan fingerprint density at radius 2 is 1.82 bits per heavy atom. The molecule has 2 heterocycles. The molecular weight excluding hydrogens is 522 g/mol. The van der Waals surface area contributed by atoms with Crippen molar-refractivity contribution in [1.29, 1.82) is 0 Å². The molecule has 1 N–H and O–H groups in total. The molecule has 1 aliphatic carbocycles. The number of pyridine rings is 1. The number of aryl methyl sites for hydroxylation is 1. The quantitative estimate of drug-likeness (QED) is 0.272. The number of hydrogen-bond donors (Lipinski definition) is 1. The summed E-state index contributed by atoms with van der Waals surface area (Å²) in [7, 11) is 4.61. The average Bonchev–Trinajstić information content (AvgIpc) is 3.55. The lowest BCUT2D eigenvalue weighted by Gasteiger charge is -2.17. The number of halogens is 1. The zero-order chi connectivity index (χ0) is 27.7. The summed E-state index contributed by atoms with van der Waals surface area (Å²) in [5.74, 6) is 2.59. The molecule has 1 aliphatic rings. The van der Waals surface area contributed by atoms with E-state index in [2.05, 4.69) is 10.5 Å². The zero-order valence-electron chi connectivity index (χ0n) is 22.5. The van der Waals surface area contributed by atoms with Gasteiger partial charge in [0.1, 0.15) is 16.7 Å². The molecule has 0 saturated heterocycles. The van der Waals surface area contributed by atoms with Gasteiger partial charge in [0.25, 0.3) is 5.56 Å². The number of rotatable bonds is 9. The number of ether oxygens (including phenoxy) is 3. The third kappa shape index (κ3) is 5.15. The van der Waals surface area contributed by atoms with E-state index in [0.29, 0.717) is 69.4 Å². The van der Waals surface area contributed by atoms with Crippen LogP contribution in [0.15, 0.2) is 39.6 Å². The van der Waals surface area contributed by atoms with Gasteiger partial charge in [0.15, 0.2) is 11.5 Å². The summed E-state index contributed by atoms with van der Waals surface area (Å²) in [6, 6.07) is 8.99. The molecule has 1 saturated carbocycles. The van der Waals surface area contributed by atoms with Crippen LogP contribution in [0.3, 0.4) is 0 Å². The molecule has 0 radical (unpaired) electrons. The minimum absolute atomic E-state index is 0.0713. The number of methoxy groups -OCH3 is 3. The van der Waals surface area contributed by atoms with Crippen LogP contribution >= 0.6 is 11.6 Å². The molecule has 206 valence electrons. The van der Waals surface area contributed by atoms with Crippen molar-refractivity contribution >= 4 is 45.0 Å². The van der Waals surface area contributed by atoms with Crippen molar-refractivity contribution in [3.05, 3.63) is 51.5 Å². The van der Waals surface area contributed by atoms with E-state index < -0.39 is 0 Å². The molecule has 0 bridgehead atoms. The second-order valence-electron chi connectivity index (χ2n) is 10.1. The standard InChI is InChI=1S/C29H32ClN3O6/c1-16-25-27(32-39-16)26-20(30)6-5-7-21(26)33(29(25)35)15-18-9-8-17(12-18)10-11-24(34)31-19-13-22(36-2)28(38-4)23(14-19)37-3/h5-7,13-14,17-18H,8-12,15H2,1-4H3,(H,31,34). The van der Waals surface area contributed by atoms with Crippen LogP contribution in [0.2, 0.25) is 5.02 Å². The number of carbonyl (C=O) groups excluding carboxylic acids is 1. The fraction of sp³-hybridized carbons (Fsp3) is 0.414. The van der Waals surface area contributed by atoms with Crippen molar-refractivity contribution in [1.82, 2.24) is 9.72 Å². The second-order valence-corrected chi connectivity index (χ2v) is 10.5. The fourth-order valence-corrected chi connectivity index (χ4v) is 6.03. The third-order valence-corrected chi connectivity index (χ3v) is 7.97. The summed E-state index contributed by atoms with van der Waals surface area (Å²) in [5.41, 5.74) is 1.76. The van der Waals surface area contributed by atoms with E-state index in [9.17, 15) is 9.59 Å². The number of anilines is 1. The Labute approximate surface area is 231 Å². The van der Waals surface area contributed by atoms with Crippen LogP contribution in [0.5, 0.6) is 17.2 Å². The van der Waals surface area contributed by atoms with Crippen molar-refractivity contribution in [2.75, 3.05) is 26.6 Å². The highest BCUT2D eigenvalue weighted by Gasteiger charge is 2.27. The Morgan fingerprint density at radius 3 is 2.51 bits per heavy atom. The van der Waals surface area contributed by atoms with Gasteiger partial charge in [-0.05, 0) is 50.2 Å². The molecule has 1 fully saturated rings. The molecule has 1 amide bonds. The minimum atomic E-state index is -0.105. The maximum atomic E-state index is 13.5. The van der Waals surface area contributed by atoms with E-state index in [1.807, 2.05) is 16.7 Å². The Morgan fingerprint density at radius 1 is 1.10 bits per heavy atom. The normalized spacial score (nSPS) is 17.1. The van der Waals surface area contributed by atoms with Crippen LogP contribution in [0.4, 0.5) is 5.69 Å². The van der Waals surface area contributed by atoms with Crippen LogP contribution in [-0.2, 0) is 11.3 Å². The Kier molecular flexibility index (Phi) is 7.70. The monoisotopic (exact) mass is 553 g/mol. The Balaban J connectivity index is 1.25. The predicted octanol–water partition coefficient (Wildman–Crippen LogP) is 5.97. The molecule has 2 unspecified atom stereocenters.